The highest BCUT2D eigenvalue weighted by atomic mass is 16.5. The van der Waals surface area contributed by atoms with Gasteiger partial charge in [0.15, 0.2) is 0 Å². The molecule has 19 heavy (non-hydrogen) atoms. The van der Waals surface area contributed by atoms with Crippen molar-refractivity contribution in [3.05, 3.63) is 29.8 Å². The van der Waals surface area contributed by atoms with E-state index in [1.54, 1.807) is 0 Å². The summed E-state index contributed by atoms with van der Waals surface area (Å²) in [5, 5.41) is 6.15. The van der Waals surface area contributed by atoms with Gasteiger partial charge in [-0.3, -0.25) is 4.79 Å². The first kappa shape index (κ1) is 15.7. The molecule has 2 N–H and O–H groups in total. The molecule has 0 saturated carbocycles. The molecule has 1 amide bonds. The third kappa shape index (κ3) is 5.41. The fourth-order valence-corrected chi connectivity index (χ4v) is 1.84. The first-order valence-electron chi connectivity index (χ1n) is 6.82. The van der Waals surface area contributed by atoms with Crippen LogP contribution in [0, 0.1) is 0 Å². The summed E-state index contributed by atoms with van der Waals surface area (Å²) in [5.74, 6) is 0.0375. The standard InChI is InChI=1S/C15H24N2O2/c1-4-19-11-7-10-15(18)17-14-9-6-5-8-13(14)12(2)16-3/h5-6,8-9,12,16H,4,7,10-11H2,1-3H3,(H,17,18). The maximum atomic E-state index is 11.9. The number of anilines is 1. The number of hydrogen-bond donors (Lipinski definition) is 2. The van der Waals surface area contributed by atoms with Gasteiger partial charge in [-0.2, -0.15) is 0 Å². The predicted octanol–water partition coefficient (Wildman–Crippen LogP) is 2.72. The third-order valence-electron chi connectivity index (χ3n) is 3.03. The van der Waals surface area contributed by atoms with Gasteiger partial charge in [-0.25, -0.2) is 0 Å². The maximum absolute atomic E-state index is 11.9. The Morgan fingerprint density at radius 2 is 2.11 bits per heavy atom. The van der Waals surface area contributed by atoms with E-state index in [9.17, 15) is 4.79 Å². The second-order valence-electron chi connectivity index (χ2n) is 4.45. The number of carbonyl (C=O) groups excluding carboxylic acids is 1. The average Bonchev–Trinajstić information content (AvgIpc) is 2.43. The predicted molar refractivity (Wildman–Crippen MR) is 78.3 cm³/mol. The largest absolute Gasteiger partial charge is 0.382 e. The Balaban J connectivity index is 2.54. The minimum Gasteiger partial charge on any atom is -0.382 e. The number of carbonyl (C=O) groups is 1. The molecule has 0 aromatic heterocycles. The van der Waals surface area contributed by atoms with Crippen LogP contribution in [0.2, 0.25) is 0 Å². The molecule has 0 radical (unpaired) electrons. The third-order valence-corrected chi connectivity index (χ3v) is 3.03. The number of benzene rings is 1. The molecule has 0 heterocycles. The normalized spacial score (nSPS) is 12.2. The zero-order chi connectivity index (χ0) is 14.1. The first-order valence-corrected chi connectivity index (χ1v) is 6.82. The van der Waals surface area contributed by atoms with Gasteiger partial charge in [0.1, 0.15) is 0 Å². The molecule has 0 saturated heterocycles. The Bertz CT molecular complexity index is 393. The Kier molecular flexibility index (Phi) is 7.15. The van der Waals surface area contributed by atoms with Gasteiger partial charge in [0.05, 0.1) is 0 Å². The van der Waals surface area contributed by atoms with Gasteiger partial charge < -0.3 is 15.4 Å². The average molecular weight is 264 g/mol. The highest BCUT2D eigenvalue weighted by Crippen LogP contribution is 2.22. The van der Waals surface area contributed by atoms with Gasteiger partial charge in [0, 0.05) is 31.4 Å². The molecule has 4 heteroatoms. The van der Waals surface area contributed by atoms with Crippen LogP contribution in [0.3, 0.4) is 0 Å². The second-order valence-corrected chi connectivity index (χ2v) is 4.45. The highest BCUT2D eigenvalue weighted by Gasteiger charge is 2.10. The van der Waals surface area contributed by atoms with Crippen LogP contribution in [0.4, 0.5) is 5.69 Å². The summed E-state index contributed by atoms with van der Waals surface area (Å²) in [6.07, 6.45) is 1.24. The quantitative estimate of drug-likeness (QED) is 0.710. The van der Waals surface area contributed by atoms with Crippen LogP contribution in [0.15, 0.2) is 24.3 Å². The lowest BCUT2D eigenvalue weighted by Gasteiger charge is -2.16. The molecular weight excluding hydrogens is 240 g/mol. The van der Waals surface area contributed by atoms with E-state index < -0.39 is 0 Å². The number of hydrogen-bond acceptors (Lipinski definition) is 3. The van der Waals surface area contributed by atoms with E-state index in [1.165, 1.54) is 0 Å². The number of amides is 1. The van der Waals surface area contributed by atoms with E-state index in [-0.39, 0.29) is 11.9 Å². The molecule has 1 atom stereocenters. The molecule has 1 aromatic rings. The molecule has 0 spiro atoms. The Morgan fingerprint density at radius 3 is 2.79 bits per heavy atom. The van der Waals surface area contributed by atoms with Crippen molar-refractivity contribution in [2.45, 2.75) is 32.7 Å². The Morgan fingerprint density at radius 1 is 1.37 bits per heavy atom. The van der Waals surface area contributed by atoms with Crippen molar-refractivity contribution in [1.29, 1.82) is 0 Å². The van der Waals surface area contributed by atoms with Crippen LogP contribution in [-0.4, -0.2) is 26.2 Å². The number of ether oxygens (including phenoxy) is 1. The number of nitrogens with one attached hydrogen (secondary N) is 2. The topological polar surface area (TPSA) is 50.4 Å². The summed E-state index contributed by atoms with van der Waals surface area (Å²) >= 11 is 0. The zero-order valence-electron chi connectivity index (χ0n) is 12.0. The van der Waals surface area contributed by atoms with Crippen LogP contribution in [0.25, 0.3) is 0 Å². The fraction of sp³-hybridized carbons (Fsp3) is 0.533. The van der Waals surface area contributed by atoms with Crippen molar-refractivity contribution >= 4 is 11.6 Å². The molecule has 4 nitrogen and oxygen atoms in total. The summed E-state index contributed by atoms with van der Waals surface area (Å²) < 4.78 is 5.22. The molecule has 0 bridgehead atoms. The minimum absolute atomic E-state index is 0.0375. The van der Waals surface area contributed by atoms with Crippen molar-refractivity contribution in [1.82, 2.24) is 5.32 Å². The van der Waals surface area contributed by atoms with Gasteiger partial charge in [-0.05, 0) is 38.9 Å². The van der Waals surface area contributed by atoms with Gasteiger partial charge in [0.25, 0.3) is 0 Å². The van der Waals surface area contributed by atoms with Crippen molar-refractivity contribution < 1.29 is 9.53 Å². The van der Waals surface area contributed by atoms with Crippen molar-refractivity contribution in [3.8, 4) is 0 Å². The molecule has 0 aliphatic heterocycles. The van der Waals surface area contributed by atoms with Crippen LogP contribution in [0.5, 0.6) is 0 Å². The SMILES string of the molecule is CCOCCCC(=O)Nc1ccccc1C(C)NC. The van der Waals surface area contributed by atoms with Crippen LogP contribution in [-0.2, 0) is 9.53 Å². The summed E-state index contributed by atoms with van der Waals surface area (Å²) in [5.41, 5.74) is 1.98. The van der Waals surface area contributed by atoms with Crippen LogP contribution in [0.1, 0.15) is 38.3 Å². The lowest BCUT2D eigenvalue weighted by molar-refractivity contribution is -0.116. The van der Waals surface area contributed by atoms with E-state index in [1.807, 2.05) is 38.2 Å². The van der Waals surface area contributed by atoms with Gasteiger partial charge in [-0.1, -0.05) is 18.2 Å². The molecule has 1 aromatic carbocycles. The number of rotatable bonds is 8. The van der Waals surface area contributed by atoms with Crippen molar-refractivity contribution in [2.24, 2.45) is 0 Å². The van der Waals surface area contributed by atoms with E-state index in [0.717, 1.165) is 17.7 Å². The van der Waals surface area contributed by atoms with Crippen LogP contribution < -0.4 is 10.6 Å². The fourth-order valence-electron chi connectivity index (χ4n) is 1.84. The smallest absolute Gasteiger partial charge is 0.224 e. The lowest BCUT2D eigenvalue weighted by Crippen LogP contribution is -2.18. The van der Waals surface area contributed by atoms with Crippen molar-refractivity contribution in [3.63, 3.8) is 0 Å². The Labute approximate surface area is 115 Å². The molecular formula is C15H24N2O2. The van der Waals surface area contributed by atoms with Crippen molar-refractivity contribution in [2.75, 3.05) is 25.6 Å². The summed E-state index contributed by atoms with van der Waals surface area (Å²) in [4.78, 5) is 11.9. The highest BCUT2D eigenvalue weighted by molar-refractivity contribution is 5.91. The van der Waals surface area contributed by atoms with E-state index in [2.05, 4.69) is 17.6 Å². The number of para-hydroxylation sites is 1. The van der Waals surface area contributed by atoms with Gasteiger partial charge in [0.2, 0.25) is 5.91 Å². The summed E-state index contributed by atoms with van der Waals surface area (Å²) in [6.45, 7) is 5.36. The second kappa shape index (κ2) is 8.67. The zero-order valence-corrected chi connectivity index (χ0v) is 12.0. The van der Waals surface area contributed by atoms with E-state index in [4.69, 9.17) is 4.74 Å². The molecule has 1 rings (SSSR count). The monoisotopic (exact) mass is 264 g/mol. The van der Waals surface area contributed by atoms with Crippen LogP contribution >= 0.6 is 0 Å². The van der Waals surface area contributed by atoms with Gasteiger partial charge >= 0.3 is 0 Å². The maximum Gasteiger partial charge on any atom is 0.224 e. The van der Waals surface area contributed by atoms with E-state index in [0.29, 0.717) is 19.6 Å². The molecule has 106 valence electrons. The molecule has 1 unspecified atom stereocenters. The minimum atomic E-state index is 0.0375. The molecule has 0 aliphatic rings. The lowest BCUT2D eigenvalue weighted by atomic mass is 10.1. The van der Waals surface area contributed by atoms with Gasteiger partial charge in [-0.15, -0.1) is 0 Å². The molecule has 0 fully saturated rings. The molecule has 0 aliphatic carbocycles. The first-order chi connectivity index (χ1) is 9.19. The Hall–Kier alpha value is -1.39. The summed E-state index contributed by atoms with van der Waals surface area (Å²) in [6, 6.07) is 8.08. The summed E-state index contributed by atoms with van der Waals surface area (Å²) in [7, 11) is 1.91. The van der Waals surface area contributed by atoms with E-state index >= 15 is 0 Å².